The van der Waals surface area contributed by atoms with Gasteiger partial charge in [0.05, 0.1) is 28.1 Å². The molecule has 0 fully saturated rings. The fourth-order valence-electron chi connectivity index (χ4n) is 3.04. The summed E-state index contributed by atoms with van der Waals surface area (Å²) in [5.41, 5.74) is 1.09. The smallest absolute Gasteiger partial charge is 0.255 e. The van der Waals surface area contributed by atoms with Crippen LogP contribution in [0.1, 0.15) is 26.0 Å². The lowest BCUT2D eigenvalue weighted by molar-refractivity contribution is 0.0904. The third-order valence-electron chi connectivity index (χ3n) is 4.25. The van der Waals surface area contributed by atoms with Crippen molar-refractivity contribution < 1.29 is 19.1 Å². The van der Waals surface area contributed by atoms with Gasteiger partial charge in [-0.15, -0.1) is 11.3 Å². The zero-order valence-corrected chi connectivity index (χ0v) is 17.3. The van der Waals surface area contributed by atoms with E-state index in [4.69, 9.17) is 9.15 Å². The third-order valence-corrected chi connectivity index (χ3v) is 5.14. The van der Waals surface area contributed by atoms with Crippen molar-refractivity contribution in [2.45, 2.75) is 26.5 Å². The molecular formula is C20H25N3O4S. The maximum atomic E-state index is 12.8. The maximum absolute atomic E-state index is 12.8. The van der Waals surface area contributed by atoms with E-state index in [0.29, 0.717) is 41.2 Å². The third kappa shape index (κ3) is 4.70. The van der Waals surface area contributed by atoms with E-state index in [-0.39, 0.29) is 18.6 Å². The lowest BCUT2D eigenvalue weighted by Gasteiger charge is -2.20. The fraction of sp³-hybridized carbons (Fsp3) is 0.400. The number of nitrogens with one attached hydrogen (secondary N) is 1. The van der Waals surface area contributed by atoms with Crippen LogP contribution in [0, 0.1) is 13.8 Å². The molecule has 0 aliphatic heterocycles. The second-order valence-corrected chi connectivity index (χ2v) is 8.26. The zero-order valence-electron chi connectivity index (χ0n) is 16.5. The molecule has 0 bridgehead atoms. The largest absolute Gasteiger partial charge is 0.488 e. The highest BCUT2D eigenvalue weighted by molar-refractivity contribution is 7.11. The highest BCUT2D eigenvalue weighted by Crippen LogP contribution is 2.29. The molecule has 7 nitrogen and oxygen atoms in total. The molecule has 8 heteroatoms. The Bertz CT molecular complexity index is 964. The highest BCUT2D eigenvalue weighted by Gasteiger charge is 2.21. The van der Waals surface area contributed by atoms with Crippen LogP contribution in [-0.4, -0.2) is 54.2 Å². The van der Waals surface area contributed by atoms with E-state index in [9.17, 15) is 9.90 Å². The molecule has 0 aliphatic carbocycles. The lowest BCUT2D eigenvalue weighted by Crippen LogP contribution is -2.44. The molecule has 0 spiro atoms. The zero-order chi connectivity index (χ0) is 20.3. The molecule has 3 aromatic rings. The topological polar surface area (TPSA) is 87.8 Å². The number of hydrogen-bond donors (Lipinski definition) is 2. The van der Waals surface area contributed by atoms with E-state index in [1.54, 1.807) is 30.5 Å². The van der Waals surface area contributed by atoms with Crippen molar-refractivity contribution in [2.75, 3.05) is 27.2 Å². The van der Waals surface area contributed by atoms with Crippen LogP contribution in [0.4, 0.5) is 0 Å². The van der Waals surface area contributed by atoms with Crippen LogP contribution in [0.15, 0.2) is 28.8 Å². The average molecular weight is 404 g/mol. The van der Waals surface area contributed by atoms with Crippen LogP contribution in [0.3, 0.4) is 0 Å². The summed E-state index contributed by atoms with van der Waals surface area (Å²) >= 11 is 1.59. The summed E-state index contributed by atoms with van der Waals surface area (Å²) in [7, 11) is 3.78. The van der Waals surface area contributed by atoms with E-state index in [1.165, 1.54) is 0 Å². The summed E-state index contributed by atoms with van der Waals surface area (Å²) in [5, 5.41) is 14.1. The first-order valence-electron chi connectivity index (χ1n) is 9.01. The van der Waals surface area contributed by atoms with E-state index in [1.807, 2.05) is 38.1 Å². The predicted octanol–water partition coefficient (Wildman–Crippen LogP) is 2.74. The minimum absolute atomic E-state index is 0.138. The molecule has 1 atom stereocenters. The van der Waals surface area contributed by atoms with Crippen LogP contribution in [0.25, 0.3) is 11.0 Å². The highest BCUT2D eigenvalue weighted by atomic mass is 32.1. The number of fused-ring (bicyclic) bond motifs is 1. The Labute approximate surface area is 167 Å². The summed E-state index contributed by atoms with van der Waals surface area (Å²) in [4.78, 5) is 20.0. The van der Waals surface area contributed by atoms with E-state index < -0.39 is 0 Å². The van der Waals surface area contributed by atoms with E-state index in [0.717, 1.165) is 9.88 Å². The molecule has 150 valence electrons. The summed E-state index contributed by atoms with van der Waals surface area (Å²) < 4.78 is 11.6. The number of likely N-dealkylation sites (N-methyl/N-ethyl adjacent to an activating group) is 1. The van der Waals surface area contributed by atoms with Gasteiger partial charge in [0.25, 0.3) is 5.91 Å². The van der Waals surface area contributed by atoms with Crippen LogP contribution < -0.4 is 10.1 Å². The van der Waals surface area contributed by atoms with Gasteiger partial charge >= 0.3 is 0 Å². The monoisotopic (exact) mass is 403 g/mol. The van der Waals surface area contributed by atoms with Crippen molar-refractivity contribution in [1.82, 2.24) is 15.2 Å². The SMILES string of the molecule is Cc1ncc(COc2ccc3oc(C)c(C(=O)NC(CO)CN(C)C)c3c2)s1. The Morgan fingerprint density at radius 1 is 1.39 bits per heavy atom. The van der Waals surface area contributed by atoms with Crippen LogP contribution >= 0.6 is 11.3 Å². The van der Waals surface area contributed by atoms with Gasteiger partial charge in [0, 0.05) is 18.1 Å². The van der Waals surface area contributed by atoms with Crippen molar-refractivity contribution in [2.24, 2.45) is 0 Å². The standard InChI is InChI=1S/C20H25N3O4S/c1-12-19(20(25)22-14(10-24)9-23(3)4)17-7-15(5-6-18(17)27-12)26-11-16-8-21-13(2)28-16/h5-8,14,24H,9-11H2,1-4H3,(H,22,25). The van der Waals surface area contributed by atoms with Crippen molar-refractivity contribution >= 4 is 28.2 Å². The van der Waals surface area contributed by atoms with E-state index >= 15 is 0 Å². The Hall–Kier alpha value is -2.42. The number of aliphatic hydroxyl groups is 1. The number of amides is 1. The van der Waals surface area contributed by atoms with Gasteiger partial charge < -0.3 is 24.5 Å². The number of benzene rings is 1. The number of carbonyl (C=O) groups excluding carboxylic acids is 1. The molecule has 0 radical (unpaired) electrons. The van der Waals surface area contributed by atoms with Crippen molar-refractivity contribution in [3.8, 4) is 5.75 Å². The number of aromatic nitrogens is 1. The van der Waals surface area contributed by atoms with Gasteiger partial charge in [-0.05, 0) is 46.1 Å². The van der Waals surface area contributed by atoms with Crippen LogP contribution in [0.5, 0.6) is 5.75 Å². The van der Waals surface area contributed by atoms with Gasteiger partial charge in [-0.25, -0.2) is 4.98 Å². The summed E-state index contributed by atoms with van der Waals surface area (Å²) in [6, 6.07) is 5.08. The van der Waals surface area contributed by atoms with Gasteiger partial charge in [-0.1, -0.05) is 0 Å². The van der Waals surface area contributed by atoms with Gasteiger partial charge in [0.2, 0.25) is 0 Å². The average Bonchev–Trinajstić information content (AvgIpc) is 3.20. The summed E-state index contributed by atoms with van der Waals surface area (Å²) in [6.07, 6.45) is 1.80. The number of furan rings is 1. The van der Waals surface area contributed by atoms with Gasteiger partial charge in [0.15, 0.2) is 0 Å². The first-order valence-corrected chi connectivity index (χ1v) is 9.82. The van der Waals surface area contributed by atoms with Gasteiger partial charge in [-0.2, -0.15) is 0 Å². The number of thiazole rings is 1. The van der Waals surface area contributed by atoms with Crippen LogP contribution in [0.2, 0.25) is 0 Å². The summed E-state index contributed by atoms with van der Waals surface area (Å²) in [5.74, 6) is 0.914. The molecular weight excluding hydrogens is 378 g/mol. The lowest BCUT2D eigenvalue weighted by atomic mass is 10.1. The molecule has 0 saturated heterocycles. The molecule has 2 aromatic heterocycles. The Morgan fingerprint density at radius 3 is 2.82 bits per heavy atom. The number of nitrogens with zero attached hydrogens (tertiary/aromatic N) is 2. The molecule has 2 heterocycles. The Morgan fingerprint density at radius 2 is 2.18 bits per heavy atom. The summed E-state index contributed by atoms with van der Waals surface area (Å²) in [6.45, 7) is 4.54. The Balaban J connectivity index is 1.81. The normalized spacial score (nSPS) is 12.5. The minimum Gasteiger partial charge on any atom is -0.488 e. The minimum atomic E-state index is -0.360. The fourth-order valence-corrected chi connectivity index (χ4v) is 3.75. The maximum Gasteiger partial charge on any atom is 0.255 e. The number of aryl methyl sites for hydroxylation is 2. The van der Waals surface area contributed by atoms with E-state index in [2.05, 4.69) is 10.3 Å². The molecule has 3 rings (SSSR count). The number of ether oxygens (including phenoxy) is 1. The predicted molar refractivity (Wildman–Crippen MR) is 109 cm³/mol. The molecule has 28 heavy (non-hydrogen) atoms. The molecule has 1 unspecified atom stereocenters. The number of rotatable bonds is 8. The van der Waals surface area contributed by atoms with Crippen molar-refractivity contribution in [3.05, 3.63) is 45.6 Å². The number of aliphatic hydroxyl groups excluding tert-OH is 1. The molecule has 0 aliphatic rings. The van der Waals surface area contributed by atoms with Gasteiger partial charge in [0.1, 0.15) is 23.7 Å². The van der Waals surface area contributed by atoms with Crippen LogP contribution in [-0.2, 0) is 6.61 Å². The molecule has 1 amide bonds. The molecule has 1 aromatic carbocycles. The van der Waals surface area contributed by atoms with Crippen molar-refractivity contribution in [1.29, 1.82) is 0 Å². The first-order chi connectivity index (χ1) is 13.4. The Kier molecular flexibility index (Phi) is 6.33. The quantitative estimate of drug-likeness (QED) is 0.601. The second-order valence-electron chi connectivity index (χ2n) is 6.94. The molecule has 0 saturated carbocycles. The van der Waals surface area contributed by atoms with Gasteiger partial charge in [-0.3, -0.25) is 4.79 Å². The number of carbonyl (C=O) groups is 1. The van der Waals surface area contributed by atoms with Crippen molar-refractivity contribution in [3.63, 3.8) is 0 Å². The molecule has 2 N–H and O–H groups in total. The number of hydrogen-bond acceptors (Lipinski definition) is 7. The first kappa shape index (κ1) is 20.3. The second kappa shape index (κ2) is 8.72.